The van der Waals surface area contributed by atoms with Crippen LogP contribution in [0.5, 0.6) is 0 Å². The summed E-state index contributed by atoms with van der Waals surface area (Å²) in [5.74, 6) is 1.01. The molecule has 1 atom stereocenters. The van der Waals surface area contributed by atoms with Crippen molar-refractivity contribution in [1.82, 2.24) is 9.97 Å². The first kappa shape index (κ1) is 10.2. The highest BCUT2D eigenvalue weighted by Gasteiger charge is 2.21. The average molecular weight is 208 g/mol. The Kier molecular flexibility index (Phi) is 3.01. The Morgan fingerprint density at radius 2 is 2.53 bits per heavy atom. The lowest BCUT2D eigenvalue weighted by molar-refractivity contribution is 0.421. The molecule has 1 aliphatic heterocycles. The van der Waals surface area contributed by atoms with Gasteiger partial charge in [0.05, 0.1) is 0 Å². The second-order valence-corrected chi connectivity index (χ2v) is 3.93. The minimum atomic E-state index is -0.116. The predicted molar refractivity (Wildman–Crippen MR) is 58.8 cm³/mol. The van der Waals surface area contributed by atoms with Crippen LogP contribution >= 0.6 is 0 Å². The Balaban J connectivity index is 2.17. The van der Waals surface area contributed by atoms with E-state index < -0.39 is 0 Å². The third-order valence-electron chi connectivity index (χ3n) is 2.84. The molecule has 0 aromatic carbocycles. The Hall–Kier alpha value is -1.36. The van der Waals surface area contributed by atoms with E-state index in [0.717, 1.165) is 25.9 Å². The number of rotatable bonds is 2. The number of nitrogens with two attached hydrogens (primary N) is 1. The van der Waals surface area contributed by atoms with Gasteiger partial charge < -0.3 is 15.6 Å². The van der Waals surface area contributed by atoms with E-state index in [9.17, 15) is 4.79 Å². The fourth-order valence-electron chi connectivity index (χ4n) is 2.02. The second kappa shape index (κ2) is 4.44. The Morgan fingerprint density at radius 3 is 3.27 bits per heavy atom. The monoisotopic (exact) mass is 208 g/mol. The molecule has 2 heterocycles. The molecule has 5 nitrogen and oxygen atoms in total. The first-order chi connectivity index (χ1) is 7.31. The van der Waals surface area contributed by atoms with Crippen LogP contribution in [0.1, 0.15) is 12.8 Å². The van der Waals surface area contributed by atoms with Crippen LogP contribution in [0.3, 0.4) is 0 Å². The van der Waals surface area contributed by atoms with Crippen LogP contribution in [0, 0.1) is 5.92 Å². The number of aromatic nitrogens is 2. The van der Waals surface area contributed by atoms with Crippen molar-refractivity contribution in [2.45, 2.75) is 12.8 Å². The molecular formula is C10H16N4O. The normalized spacial score (nSPS) is 21.7. The average Bonchev–Trinajstić information content (AvgIpc) is 2.30. The van der Waals surface area contributed by atoms with E-state index in [4.69, 9.17) is 5.73 Å². The molecule has 0 spiro atoms. The number of nitrogens with one attached hydrogen (secondary N) is 1. The summed E-state index contributed by atoms with van der Waals surface area (Å²) in [5.41, 5.74) is 5.53. The molecule has 0 radical (unpaired) electrons. The fraction of sp³-hybridized carbons (Fsp3) is 0.600. The molecule has 1 aromatic heterocycles. The molecule has 0 amide bonds. The topological polar surface area (TPSA) is 75.0 Å². The van der Waals surface area contributed by atoms with Gasteiger partial charge in [0.2, 0.25) is 0 Å². The highest BCUT2D eigenvalue weighted by molar-refractivity contribution is 5.35. The van der Waals surface area contributed by atoms with E-state index in [0.29, 0.717) is 18.3 Å². The lowest BCUT2D eigenvalue weighted by Crippen LogP contribution is -2.41. The number of hydrogen-bond acceptors (Lipinski definition) is 4. The molecule has 15 heavy (non-hydrogen) atoms. The third kappa shape index (κ3) is 2.18. The SMILES string of the molecule is NCC1CCCN(c2ncc[nH]c2=O)C1. The van der Waals surface area contributed by atoms with Gasteiger partial charge in [-0.15, -0.1) is 0 Å². The number of hydrogen-bond donors (Lipinski definition) is 2. The lowest BCUT2D eigenvalue weighted by atomic mass is 9.98. The van der Waals surface area contributed by atoms with Gasteiger partial charge in [0.1, 0.15) is 0 Å². The molecule has 1 aromatic rings. The van der Waals surface area contributed by atoms with Crippen LogP contribution in [0.4, 0.5) is 5.82 Å². The molecule has 0 aliphatic carbocycles. The van der Waals surface area contributed by atoms with E-state index in [1.165, 1.54) is 0 Å². The molecule has 1 saturated heterocycles. The number of anilines is 1. The fourth-order valence-corrected chi connectivity index (χ4v) is 2.02. The summed E-state index contributed by atoms with van der Waals surface area (Å²) in [6, 6.07) is 0. The van der Waals surface area contributed by atoms with Crippen LogP contribution in [-0.4, -0.2) is 29.6 Å². The highest BCUT2D eigenvalue weighted by Crippen LogP contribution is 2.17. The molecule has 0 saturated carbocycles. The van der Waals surface area contributed by atoms with Gasteiger partial charge >= 0.3 is 0 Å². The van der Waals surface area contributed by atoms with Gasteiger partial charge in [0.15, 0.2) is 5.82 Å². The van der Waals surface area contributed by atoms with Crippen molar-refractivity contribution in [3.8, 4) is 0 Å². The van der Waals surface area contributed by atoms with E-state index >= 15 is 0 Å². The molecule has 1 aliphatic rings. The standard InChI is InChI=1S/C10H16N4O/c11-6-8-2-1-5-14(7-8)9-10(15)13-4-3-12-9/h3-4,8H,1-2,5-7,11H2,(H,13,15). The zero-order chi connectivity index (χ0) is 10.7. The quantitative estimate of drug-likeness (QED) is 0.714. The molecular weight excluding hydrogens is 192 g/mol. The van der Waals surface area contributed by atoms with E-state index in [1.54, 1.807) is 12.4 Å². The smallest absolute Gasteiger partial charge is 0.290 e. The maximum Gasteiger partial charge on any atom is 0.290 e. The number of aromatic amines is 1. The zero-order valence-corrected chi connectivity index (χ0v) is 8.65. The molecule has 2 rings (SSSR count). The van der Waals surface area contributed by atoms with Crippen molar-refractivity contribution in [3.05, 3.63) is 22.7 Å². The minimum absolute atomic E-state index is 0.116. The first-order valence-electron chi connectivity index (χ1n) is 5.30. The summed E-state index contributed by atoms with van der Waals surface area (Å²) < 4.78 is 0. The van der Waals surface area contributed by atoms with E-state index in [1.807, 2.05) is 4.90 Å². The van der Waals surface area contributed by atoms with Crippen LogP contribution in [0.15, 0.2) is 17.2 Å². The summed E-state index contributed by atoms with van der Waals surface area (Å²) in [7, 11) is 0. The van der Waals surface area contributed by atoms with Gasteiger partial charge in [0.25, 0.3) is 5.56 Å². The zero-order valence-electron chi connectivity index (χ0n) is 8.65. The minimum Gasteiger partial charge on any atom is -0.352 e. The van der Waals surface area contributed by atoms with Crippen molar-refractivity contribution in [2.24, 2.45) is 11.7 Å². The first-order valence-corrected chi connectivity index (χ1v) is 5.30. The van der Waals surface area contributed by atoms with Crippen LogP contribution in [0.25, 0.3) is 0 Å². The summed E-state index contributed by atoms with van der Waals surface area (Å²) in [6.45, 7) is 2.43. The number of nitrogens with zero attached hydrogens (tertiary/aromatic N) is 2. The second-order valence-electron chi connectivity index (χ2n) is 3.93. The van der Waals surface area contributed by atoms with Crippen molar-refractivity contribution in [2.75, 3.05) is 24.5 Å². The maximum absolute atomic E-state index is 11.5. The van der Waals surface area contributed by atoms with Crippen LogP contribution in [-0.2, 0) is 0 Å². The summed E-state index contributed by atoms with van der Waals surface area (Å²) >= 11 is 0. The summed E-state index contributed by atoms with van der Waals surface area (Å²) in [4.78, 5) is 20.3. The molecule has 1 unspecified atom stereocenters. The van der Waals surface area contributed by atoms with Crippen LogP contribution < -0.4 is 16.2 Å². The Bertz CT molecular complexity index is 376. The van der Waals surface area contributed by atoms with Gasteiger partial charge in [-0.3, -0.25) is 4.79 Å². The van der Waals surface area contributed by atoms with Gasteiger partial charge in [-0.2, -0.15) is 0 Å². The van der Waals surface area contributed by atoms with Crippen LogP contribution in [0.2, 0.25) is 0 Å². The molecule has 3 N–H and O–H groups in total. The van der Waals surface area contributed by atoms with Crippen molar-refractivity contribution in [3.63, 3.8) is 0 Å². The number of piperidine rings is 1. The maximum atomic E-state index is 11.5. The van der Waals surface area contributed by atoms with Crippen molar-refractivity contribution in [1.29, 1.82) is 0 Å². The third-order valence-corrected chi connectivity index (χ3v) is 2.84. The highest BCUT2D eigenvalue weighted by atomic mass is 16.1. The number of H-pyrrole nitrogens is 1. The molecule has 5 heteroatoms. The van der Waals surface area contributed by atoms with E-state index in [2.05, 4.69) is 9.97 Å². The lowest BCUT2D eigenvalue weighted by Gasteiger charge is -2.32. The van der Waals surface area contributed by atoms with Gasteiger partial charge in [-0.1, -0.05) is 0 Å². The predicted octanol–water partition coefficient (Wildman–Crippen LogP) is -0.0550. The van der Waals surface area contributed by atoms with Crippen molar-refractivity contribution < 1.29 is 0 Å². The summed E-state index contributed by atoms with van der Waals surface area (Å²) in [5, 5.41) is 0. The Labute approximate surface area is 88.3 Å². The summed E-state index contributed by atoms with van der Waals surface area (Å²) in [6.07, 6.45) is 5.40. The van der Waals surface area contributed by atoms with E-state index in [-0.39, 0.29) is 5.56 Å². The molecule has 1 fully saturated rings. The Morgan fingerprint density at radius 1 is 1.67 bits per heavy atom. The van der Waals surface area contributed by atoms with Gasteiger partial charge in [-0.05, 0) is 25.3 Å². The van der Waals surface area contributed by atoms with Gasteiger partial charge in [0, 0.05) is 25.5 Å². The molecule has 0 bridgehead atoms. The largest absolute Gasteiger partial charge is 0.352 e. The molecule has 82 valence electrons. The van der Waals surface area contributed by atoms with Gasteiger partial charge in [-0.25, -0.2) is 4.98 Å². The van der Waals surface area contributed by atoms with Crippen molar-refractivity contribution >= 4 is 5.82 Å².